The monoisotopic (exact) mass is 242 g/mol. The van der Waals surface area contributed by atoms with Crippen molar-refractivity contribution in [3.63, 3.8) is 0 Å². The highest BCUT2D eigenvalue weighted by Crippen LogP contribution is 2.37. The van der Waals surface area contributed by atoms with Gasteiger partial charge in [-0.1, -0.05) is 6.07 Å². The Morgan fingerprint density at radius 1 is 1.56 bits per heavy atom. The normalized spacial score (nSPS) is 22.8. The lowest BCUT2D eigenvalue weighted by Gasteiger charge is -2.28. The molecule has 0 saturated carbocycles. The molecular formula is C14H14N2O2. The van der Waals surface area contributed by atoms with E-state index in [0.717, 1.165) is 5.69 Å². The number of carbonyl (C=O) groups excluding carboxylic acids is 1. The van der Waals surface area contributed by atoms with E-state index in [1.807, 2.05) is 24.3 Å². The van der Waals surface area contributed by atoms with Crippen LogP contribution in [0.15, 0.2) is 36.2 Å². The molecule has 1 heterocycles. The lowest BCUT2D eigenvalue weighted by Crippen LogP contribution is -2.28. The average Bonchev–Trinajstić information content (AvgIpc) is 2.40. The van der Waals surface area contributed by atoms with Gasteiger partial charge in [0.15, 0.2) is 0 Å². The summed E-state index contributed by atoms with van der Waals surface area (Å²) in [7, 11) is 0. The van der Waals surface area contributed by atoms with Crippen molar-refractivity contribution in [2.75, 3.05) is 0 Å². The van der Waals surface area contributed by atoms with Crippen LogP contribution in [0, 0.1) is 11.3 Å². The number of esters is 1. The van der Waals surface area contributed by atoms with Crippen molar-refractivity contribution in [3.8, 4) is 6.07 Å². The van der Waals surface area contributed by atoms with E-state index in [1.54, 1.807) is 6.20 Å². The second-order valence-corrected chi connectivity index (χ2v) is 4.38. The number of aromatic nitrogens is 1. The van der Waals surface area contributed by atoms with Crippen molar-refractivity contribution >= 4 is 5.97 Å². The smallest absolute Gasteiger partial charge is 0.307 e. The minimum atomic E-state index is -0.592. The van der Waals surface area contributed by atoms with Gasteiger partial charge in [0, 0.05) is 19.5 Å². The van der Waals surface area contributed by atoms with Crippen LogP contribution in [0.4, 0.5) is 0 Å². The van der Waals surface area contributed by atoms with Crippen molar-refractivity contribution in [3.05, 3.63) is 41.9 Å². The fraction of sp³-hybridized carbons (Fsp3) is 0.357. The van der Waals surface area contributed by atoms with E-state index >= 15 is 0 Å². The van der Waals surface area contributed by atoms with Crippen molar-refractivity contribution in [2.24, 2.45) is 0 Å². The van der Waals surface area contributed by atoms with E-state index in [0.29, 0.717) is 25.0 Å². The summed E-state index contributed by atoms with van der Waals surface area (Å²) in [5.74, 6) is 0.341. The average molecular weight is 242 g/mol. The fourth-order valence-electron chi connectivity index (χ4n) is 2.14. The third-order valence-electron chi connectivity index (χ3n) is 3.12. The predicted octanol–water partition coefficient (Wildman–Crippen LogP) is 2.47. The molecule has 1 aliphatic rings. The van der Waals surface area contributed by atoms with Crippen molar-refractivity contribution in [1.82, 2.24) is 4.98 Å². The Bertz CT molecular complexity index is 516. The molecule has 0 bridgehead atoms. The number of pyridine rings is 1. The van der Waals surface area contributed by atoms with Gasteiger partial charge in [-0.3, -0.25) is 9.78 Å². The van der Waals surface area contributed by atoms with Gasteiger partial charge in [-0.25, -0.2) is 0 Å². The minimum absolute atomic E-state index is 0.316. The number of nitrogens with zero attached hydrogens (tertiary/aromatic N) is 2. The second kappa shape index (κ2) is 5.01. The minimum Gasteiger partial charge on any atom is -0.432 e. The first kappa shape index (κ1) is 12.3. The van der Waals surface area contributed by atoms with Crippen LogP contribution >= 0.6 is 0 Å². The maximum atomic E-state index is 10.9. The molecule has 0 amide bonds. The van der Waals surface area contributed by atoms with Gasteiger partial charge in [0.25, 0.3) is 0 Å². The van der Waals surface area contributed by atoms with Crippen molar-refractivity contribution < 1.29 is 9.53 Å². The first-order chi connectivity index (χ1) is 8.66. The Labute approximate surface area is 106 Å². The number of hydrogen-bond donors (Lipinski definition) is 0. The third kappa shape index (κ3) is 2.40. The van der Waals surface area contributed by atoms with E-state index in [2.05, 4.69) is 11.1 Å². The summed E-state index contributed by atoms with van der Waals surface area (Å²) in [6.07, 6.45) is 5.26. The summed E-state index contributed by atoms with van der Waals surface area (Å²) >= 11 is 0. The van der Waals surface area contributed by atoms with E-state index in [-0.39, 0.29) is 5.97 Å². The quantitative estimate of drug-likeness (QED) is 0.747. The molecule has 0 radical (unpaired) electrons. The molecule has 0 aromatic carbocycles. The molecule has 0 fully saturated rings. The maximum absolute atomic E-state index is 10.9. The summed E-state index contributed by atoms with van der Waals surface area (Å²) in [6.45, 7) is 1.38. The SMILES string of the molecule is CC(=O)OC1=CCC(C#N)(c2ccccn2)CC1. The lowest BCUT2D eigenvalue weighted by atomic mass is 9.75. The lowest BCUT2D eigenvalue weighted by molar-refractivity contribution is -0.137. The largest absolute Gasteiger partial charge is 0.432 e. The standard InChI is InChI=1S/C14H14N2O2/c1-11(17)18-12-5-7-14(10-15,8-6-12)13-4-2-3-9-16-13/h2-5,9H,6-8H2,1H3. The molecule has 0 saturated heterocycles. The first-order valence-electron chi connectivity index (χ1n) is 5.86. The molecule has 1 aromatic rings. The Balaban J connectivity index is 2.22. The molecule has 0 spiro atoms. The number of allylic oxidation sites excluding steroid dienone is 2. The molecule has 0 aliphatic heterocycles. The summed E-state index contributed by atoms with van der Waals surface area (Å²) in [5, 5.41) is 9.44. The van der Waals surface area contributed by atoms with Crippen LogP contribution in [-0.4, -0.2) is 11.0 Å². The zero-order chi connectivity index (χ0) is 13.0. The molecule has 4 nitrogen and oxygen atoms in total. The highest BCUT2D eigenvalue weighted by atomic mass is 16.5. The number of ether oxygens (including phenoxy) is 1. The molecule has 92 valence electrons. The van der Waals surface area contributed by atoms with E-state index in [9.17, 15) is 10.1 Å². The summed E-state index contributed by atoms with van der Waals surface area (Å²) in [4.78, 5) is 15.1. The van der Waals surface area contributed by atoms with Gasteiger partial charge in [-0.15, -0.1) is 0 Å². The molecule has 1 atom stereocenters. The summed E-state index contributed by atoms with van der Waals surface area (Å²) in [5.41, 5.74) is 0.191. The van der Waals surface area contributed by atoms with Gasteiger partial charge in [0.2, 0.25) is 0 Å². The van der Waals surface area contributed by atoms with Gasteiger partial charge in [0.05, 0.1) is 11.8 Å². The van der Waals surface area contributed by atoms with Crippen molar-refractivity contribution in [2.45, 2.75) is 31.6 Å². The first-order valence-corrected chi connectivity index (χ1v) is 5.86. The molecular weight excluding hydrogens is 228 g/mol. The Morgan fingerprint density at radius 2 is 2.39 bits per heavy atom. The summed E-state index contributed by atoms with van der Waals surface area (Å²) in [6, 6.07) is 7.94. The van der Waals surface area contributed by atoms with Crippen LogP contribution in [0.1, 0.15) is 31.9 Å². The van der Waals surface area contributed by atoms with Gasteiger partial charge < -0.3 is 4.74 Å². The van der Waals surface area contributed by atoms with E-state index < -0.39 is 5.41 Å². The van der Waals surface area contributed by atoms with Crippen LogP contribution in [-0.2, 0) is 14.9 Å². The number of rotatable bonds is 2. The van der Waals surface area contributed by atoms with Crippen LogP contribution < -0.4 is 0 Å². The second-order valence-electron chi connectivity index (χ2n) is 4.38. The summed E-state index contributed by atoms with van der Waals surface area (Å²) < 4.78 is 5.06. The fourth-order valence-corrected chi connectivity index (χ4v) is 2.14. The highest BCUT2D eigenvalue weighted by Gasteiger charge is 2.35. The van der Waals surface area contributed by atoms with Crippen LogP contribution in [0.3, 0.4) is 0 Å². The van der Waals surface area contributed by atoms with E-state index in [4.69, 9.17) is 4.74 Å². The molecule has 1 unspecified atom stereocenters. The topological polar surface area (TPSA) is 63.0 Å². The van der Waals surface area contributed by atoms with Crippen LogP contribution in [0.2, 0.25) is 0 Å². The van der Waals surface area contributed by atoms with Gasteiger partial charge in [-0.2, -0.15) is 5.26 Å². The Morgan fingerprint density at radius 3 is 2.89 bits per heavy atom. The zero-order valence-corrected chi connectivity index (χ0v) is 10.2. The third-order valence-corrected chi connectivity index (χ3v) is 3.12. The predicted molar refractivity (Wildman–Crippen MR) is 65.2 cm³/mol. The Kier molecular flexibility index (Phi) is 3.42. The molecule has 18 heavy (non-hydrogen) atoms. The van der Waals surface area contributed by atoms with Gasteiger partial charge >= 0.3 is 5.97 Å². The van der Waals surface area contributed by atoms with Crippen LogP contribution in [0.25, 0.3) is 0 Å². The highest BCUT2D eigenvalue weighted by molar-refractivity contribution is 5.67. The number of carbonyl (C=O) groups is 1. The number of nitriles is 1. The molecule has 1 aromatic heterocycles. The van der Waals surface area contributed by atoms with Crippen LogP contribution in [0.5, 0.6) is 0 Å². The number of hydrogen-bond acceptors (Lipinski definition) is 4. The Hall–Kier alpha value is -2.15. The molecule has 2 rings (SSSR count). The van der Waals surface area contributed by atoms with Gasteiger partial charge in [0.1, 0.15) is 11.2 Å². The van der Waals surface area contributed by atoms with Gasteiger partial charge in [-0.05, 0) is 31.1 Å². The molecule has 0 N–H and O–H groups in total. The van der Waals surface area contributed by atoms with Crippen molar-refractivity contribution in [1.29, 1.82) is 5.26 Å². The zero-order valence-electron chi connectivity index (χ0n) is 10.2. The van der Waals surface area contributed by atoms with E-state index in [1.165, 1.54) is 6.92 Å². The molecule has 1 aliphatic carbocycles. The maximum Gasteiger partial charge on any atom is 0.307 e. The molecule has 4 heteroatoms.